The lowest BCUT2D eigenvalue weighted by molar-refractivity contribution is -0.146. The molecule has 3 fully saturated rings. The maximum Gasteiger partial charge on any atom is 0.342 e. The molecular formula is C25H30O5. The van der Waals surface area contributed by atoms with Gasteiger partial charge in [-0.25, -0.2) is 4.79 Å². The fourth-order valence-electron chi connectivity index (χ4n) is 7.66. The summed E-state index contributed by atoms with van der Waals surface area (Å²) in [5.74, 6) is -0.911. The molecule has 3 saturated carbocycles. The number of allylic oxidation sites excluding steroid dienone is 3. The summed E-state index contributed by atoms with van der Waals surface area (Å²) in [6, 6.07) is 0. The van der Waals surface area contributed by atoms with E-state index in [1.54, 1.807) is 6.92 Å². The van der Waals surface area contributed by atoms with Gasteiger partial charge in [0.1, 0.15) is 17.1 Å². The third-order valence-electron chi connectivity index (χ3n) is 9.35. The van der Waals surface area contributed by atoms with Crippen LogP contribution in [0.2, 0.25) is 0 Å². The topological polar surface area (TPSA) is 77.5 Å². The smallest absolute Gasteiger partial charge is 0.342 e. The van der Waals surface area contributed by atoms with Gasteiger partial charge in [-0.05, 0) is 66.9 Å². The van der Waals surface area contributed by atoms with Crippen molar-refractivity contribution < 1.29 is 23.9 Å². The van der Waals surface area contributed by atoms with Gasteiger partial charge in [-0.15, -0.1) is 0 Å². The maximum absolute atomic E-state index is 13.7. The fraction of sp³-hybridized carbons (Fsp3) is 0.680. The van der Waals surface area contributed by atoms with Gasteiger partial charge in [-0.2, -0.15) is 0 Å². The Kier molecular flexibility index (Phi) is 4.14. The van der Waals surface area contributed by atoms with E-state index in [0.717, 1.165) is 36.8 Å². The second-order valence-electron chi connectivity index (χ2n) is 10.5. The Balaban J connectivity index is 1.74. The first-order valence-electron chi connectivity index (χ1n) is 11.4. The van der Waals surface area contributed by atoms with Crippen LogP contribution < -0.4 is 0 Å². The van der Waals surface area contributed by atoms with Gasteiger partial charge in [0, 0.05) is 25.2 Å². The number of ketones is 3. The van der Waals surface area contributed by atoms with Gasteiger partial charge in [0.15, 0.2) is 5.78 Å². The number of hydrogen-bond donors (Lipinski definition) is 0. The molecule has 0 heterocycles. The molecule has 0 aliphatic heterocycles. The second kappa shape index (κ2) is 6.24. The van der Waals surface area contributed by atoms with Crippen LogP contribution in [0.25, 0.3) is 0 Å². The summed E-state index contributed by atoms with van der Waals surface area (Å²) in [7, 11) is 0. The van der Waals surface area contributed by atoms with E-state index in [1.807, 2.05) is 0 Å². The van der Waals surface area contributed by atoms with Crippen molar-refractivity contribution in [2.45, 2.75) is 72.1 Å². The summed E-state index contributed by atoms with van der Waals surface area (Å²) in [5, 5.41) is 0. The fourth-order valence-corrected chi connectivity index (χ4v) is 7.66. The normalized spacial score (nSPS) is 42.4. The molecule has 0 radical (unpaired) electrons. The van der Waals surface area contributed by atoms with Gasteiger partial charge in [-0.3, -0.25) is 14.4 Å². The van der Waals surface area contributed by atoms with Crippen molar-refractivity contribution in [1.82, 2.24) is 0 Å². The average molecular weight is 411 g/mol. The van der Waals surface area contributed by atoms with Crippen LogP contribution in [0, 0.1) is 28.1 Å². The highest BCUT2D eigenvalue weighted by molar-refractivity contribution is 6.21. The number of ether oxygens (including phenoxy) is 1. The molecule has 5 rings (SSSR count). The lowest BCUT2D eigenvalue weighted by Gasteiger charge is -2.55. The van der Waals surface area contributed by atoms with Gasteiger partial charge in [0.2, 0.25) is 0 Å². The van der Waals surface area contributed by atoms with Crippen molar-refractivity contribution in [2.75, 3.05) is 6.61 Å². The zero-order valence-corrected chi connectivity index (χ0v) is 18.1. The minimum Gasteiger partial charge on any atom is -0.462 e. The molecule has 0 amide bonds. The molecule has 0 aromatic carbocycles. The highest BCUT2D eigenvalue weighted by atomic mass is 16.5. The standard InChI is InChI=1S/C25H30O5/c1-4-30-22(29)20-19-15(24(3)11-5-14(26)13-17(24)21(20)28)7-12-25-16(19)6-9-23(25,2)10-8-18(25)27/h6,15,17H,4-5,7-13H2,1-3H3/t15?,17?,23-,24?,25?/m0/s1. The molecule has 5 aliphatic carbocycles. The van der Waals surface area contributed by atoms with Crippen LogP contribution in [0.5, 0.6) is 0 Å². The van der Waals surface area contributed by atoms with E-state index in [9.17, 15) is 19.2 Å². The minimum atomic E-state index is -0.584. The van der Waals surface area contributed by atoms with Crippen LogP contribution in [0.3, 0.4) is 0 Å². The number of fused-ring (bicyclic) bond motifs is 4. The van der Waals surface area contributed by atoms with Crippen molar-refractivity contribution in [3.63, 3.8) is 0 Å². The molecule has 0 N–H and O–H groups in total. The van der Waals surface area contributed by atoms with E-state index < -0.39 is 17.3 Å². The quantitative estimate of drug-likeness (QED) is 0.510. The summed E-state index contributed by atoms with van der Waals surface area (Å²) < 4.78 is 5.34. The number of Topliss-reactive ketones (excluding diaryl/α,β-unsaturated/α-hetero) is 3. The van der Waals surface area contributed by atoms with Crippen molar-refractivity contribution in [2.24, 2.45) is 28.1 Å². The third kappa shape index (κ3) is 2.19. The first-order valence-corrected chi connectivity index (χ1v) is 11.4. The number of rotatable bonds is 2. The van der Waals surface area contributed by atoms with Crippen LogP contribution in [0.1, 0.15) is 72.1 Å². The summed E-state index contributed by atoms with van der Waals surface area (Å²) in [4.78, 5) is 52.3. The van der Waals surface area contributed by atoms with Gasteiger partial charge >= 0.3 is 5.97 Å². The summed E-state index contributed by atoms with van der Waals surface area (Å²) in [6.07, 6.45) is 7.31. The summed E-state index contributed by atoms with van der Waals surface area (Å²) >= 11 is 0. The van der Waals surface area contributed by atoms with Crippen LogP contribution in [0.15, 0.2) is 22.8 Å². The monoisotopic (exact) mass is 410 g/mol. The van der Waals surface area contributed by atoms with E-state index >= 15 is 0 Å². The zero-order chi connectivity index (χ0) is 21.5. The van der Waals surface area contributed by atoms with E-state index in [0.29, 0.717) is 19.3 Å². The van der Waals surface area contributed by atoms with Gasteiger partial charge in [0.25, 0.3) is 0 Å². The Labute approximate surface area is 177 Å². The predicted octanol–water partition coefficient (Wildman–Crippen LogP) is 3.90. The van der Waals surface area contributed by atoms with Crippen LogP contribution in [-0.2, 0) is 23.9 Å². The minimum absolute atomic E-state index is 0.0142. The lowest BCUT2D eigenvalue weighted by Crippen LogP contribution is -2.54. The highest BCUT2D eigenvalue weighted by Gasteiger charge is 2.67. The van der Waals surface area contributed by atoms with Gasteiger partial charge in [0.05, 0.1) is 12.0 Å². The molecule has 160 valence electrons. The number of carbonyl (C=O) groups excluding carboxylic acids is 4. The molecule has 5 heteroatoms. The average Bonchev–Trinajstić information content (AvgIpc) is 3.14. The predicted molar refractivity (Wildman–Crippen MR) is 109 cm³/mol. The first kappa shape index (κ1) is 19.9. The molecule has 0 aromatic heterocycles. The Hall–Kier alpha value is -2.04. The molecular weight excluding hydrogens is 380 g/mol. The largest absolute Gasteiger partial charge is 0.462 e. The lowest BCUT2D eigenvalue weighted by atomic mass is 9.46. The maximum atomic E-state index is 13.7. The highest BCUT2D eigenvalue weighted by Crippen LogP contribution is 2.71. The summed E-state index contributed by atoms with van der Waals surface area (Å²) in [6.45, 7) is 6.24. The zero-order valence-electron chi connectivity index (χ0n) is 18.1. The molecule has 5 nitrogen and oxygen atoms in total. The van der Waals surface area contributed by atoms with Crippen molar-refractivity contribution in [3.8, 4) is 0 Å². The Morgan fingerprint density at radius 3 is 2.60 bits per heavy atom. The molecule has 0 saturated heterocycles. The molecule has 1 spiro atoms. The van der Waals surface area contributed by atoms with Crippen molar-refractivity contribution in [1.29, 1.82) is 0 Å². The van der Waals surface area contributed by atoms with Gasteiger partial charge in [-0.1, -0.05) is 19.9 Å². The van der Waals surface area contributed by atoms with E-state index in [-0.39, 0.29) is 52.7 Å². The Bertz CT molecular complexity index is 955. The Morgan fingerprint density at radius 1 is 1.10 bits per heavy atom. The third-order valence-corrected chi connectivity index (χ3v) is 9.35. The van der Waals surface area contributed by atoms with Crippen LogP contribution in [-0.4, -0.2) is 29.9 Å². The molecule has 30 heavy (non-hydrogen) atoms. The van der Waals surface area contributed by atoms with Crippen LogP contribution in [0.4, 0.5) is 0 Å². The van der Waals surface area contributed by atoms with Crippen molar-refractivity contribution >= 4 is 23.3 Å². The molecule has 0 bridgehead atoms. The van der Waals surface area contributed by atoms with E-state index in [2.05, 4.69) is 19.9 Å². The number of carbonyl (C=O) groups is 4. The SMILES string of the molecule is CCOC(=O)C1=C2C3=CC[C@@]4(C)CCC(=O)C34CCC2C2(C)CCC(=O)CC2C1=O. The molecule has 5 aliphatic rings. The van der Waals surface area contributed by atoms with Crippen LogP contribution >= 0.6 is 0 Å². The molecule has 4 unspecified atom stereocenters. The van der Waals surface area contributed by atoms with E-state index in [4.69, 9.17) is 4.74 Å². The Morgan fingerprint density at radius 2 is 1.87 bits per heavy atom. The number of esters is 1. The van der Waals surface area contributed by atoms with E-state index in [1.165, 1.54) is 0 Å². The van der Waals surface area contributed by atoms with Gasteiger partial charge < -0.3 is 4.74 Å². The molecule has 5 atom stereocenters. The molecule has 0 aromatic rings. The summed E-state index contributed by atoms with van der Waals surface area (Å²) in [5.41, 5.74) is 0.826. The second-order valence-corrected chi connectivity index (χ2v) is 10.5. The van der Waals surface area contributed by atoms with Crippen molar-refractivity contribution in [3.05, 3.63) is 22.8 Å². The number of hydrogen-bond acceptors (Lipinski definition) is 5. The first-order chi connectivity index (χ1) is 14.2.